The first-order chi connectivity index (χ1) is 14.2. The third kappa shape index (κ3) is 3.94. The second-order valence-corrected chi connectivity index (χ2v) is 6.83. The Balaban J connectivity index is 1.52. The molecule has 156 valence electrons. The zero-order valence-corrected chi connectivity index (χ0v) is 15.4. The molecule has 1 aliphatic rings. The van der Waals surface area contributed by atoms with Crippen molar-refractivity contribution in [2.75, 3.05) is 13.2 Å². The predicted molar refractivity (Wildman–Crippen MR) is 99.2 cm³/mol. The van der Waals surface area contributed by atoms with Gasteiger partial charge in [0.25, 0.3) is 0 Å². The number of hydrogen-bond donors (Lipinski definition) is 3. The van der Waals surface area contributed by atoms with E-state index >= 15 is 0 Å². The summed E-state index contributed by atoms with van der Waals surface area (Å²) in [5.41, 5.74) is 0.512. The second kappa shape index (κ2) is 7.38. The van der Waals surface area contributed by atoms with Gasteiger partial charge in [0.2, 0.25) is 5.88 Å². The molecule has 0 bridgehead atoms. The molecule has 4 rings (SSSR count). The molecule has 1 saturated heterocycles. The minimum Gasteiger partial charge on any atom is -0.465 e. The number of carbonyl (C=O) groups is 1. The smallest absolute Gasteiger partial charge is 0.416 e. The van der Waals surface area contributed by atoms with Crippen LogP contribution in [0.2, 0.25) is 0 Å². The molecule has 3 N–H and O–H groups in total. The minimum atomic E-state index is -4.42. The average Bonchev–Trinajstić information content (AvgIpc) is 3.13. The summed E-state index contributed by atoms with van der Waals surface area (Å²) in [7, 11) is 0. The monoisotopic (exact) mass is 419 g/mol. The van der Waals surface area contributed by atoms with Crippen molar-refractivity contribution in [3.05, 3.63) is 65.7 Å². The van der Waals surface area contributed by atoms with Crippen molar-refractivity contribution in [2.24, 2.45) is 0 Å². The van der Waals surface area contributed by atoms with E-state index in [1.54, 1.807) is 18.2 Å². The Morgan fingerprint density at radius 1 is 1.17 bits per heavy atom. The number of aromatic nitrogens is 2. The molecule has 1 aromatic heterocycles. The molecule has 10 heteroatoms. The van der Waals surface area contributed by atoms with Crippen LogP contribution in [0.1, 0.15) is 11.1 Å². The van der Waals surface area contributed by atoms with Crippen molar-refractivity contribution < 1.29 is 32.5 Å². The summed E-state index contributed by atoms with van der Waals surface area (Å²) in [6.45, 7) is 0.460. The van der Waals surface area contributed by atoms with Crippen LogP contribution in [0.3, 0.4) is 0 Å². The topological polar surface area (TPSA) is 96.5 Å². The normalized spacial score (nSPS) is 15.3. The molecule has 1 aliphatic heterocycles. The van der Waals surface area contributed by atoms with Crippen LogP contribution >= 0.6 is 0 Å². The standard InChI is InChI=1S/C20H16F3N3O4/c21-20(22,23)13-4-6-15(7-5-13)30-17-9-16(25-26-17)12-2-1-3-14(8-12)19(10-29-11-19)24-18(27)28/h1-9,24H,10-11H2,(H,25,26)(H,27,28). The molecule has 2 aromatic carbocycles. The van der Waals surface area contributed by atoms with E-state index in [-0.39, 0.29) is 24.8 Å². The van der Waals surface area contributed by atoms with Gasteiger partial charge in [-0.2, -0.15) is 13.2 Å². The van der Waals surface area contributed by atoms with Gasteiger partial charge in [0.15, 0.2) is 0 Å². The minimum absolute atomic E-state index is 0.181. The maximum absolute atomic E-state index is 12.7. The highest BCUT2D eigenvalue weighted by Crippen LogP contribution is 2.34. The van der Waals surface area contributed by atoms with Crippen LogP contribution in [-0.2, 0) is 16.5 Å². The number of H-pyrrole nitrogens is 1. The van der Waals surface area contributed by atoms with E-state index in [0.29, 0.717) is 5.69 Å². The van der Waals surface area contributed by atoms with E-state index in [0.717, 1.165) is 23.3 Å². The molecule has 0 saturated carbocycles. The number of rotatable bonds is 5. The quantitative estimate of drug-likeness (QED) is 0.570. The number of hydrogen-bond acceptors (Lipinski definition) is 4. The van der Waals surface area contributed by atoms with E-state index in [2.05, 4.69) is 15.5 Å². The third-order valence-corrected chi connectivity index (χ3v) is 4.73. The van der Waals surface area contributed by atoms with Gasteiger partial charge in [0.05, 0.1) is 24.5 Å². The van der Waals surface area contributed by atoms with Crippen molar-refractivity contribution in [2.45, 2.75) is 11.7 Å². The van der Waals surface area contributed by atoms with Gasteiger partial charge in [0, 0.05) is 11.6 Å². The molecule has 3 aromatic rings. The van der Waals surface area contributed by atoms with E-state index in [4.69, 9.17) is 14.6 Å². The van der Waals surface area contributed by atoms with Crippen LogP contribution in [0.4, 0.5) is 18.0 Å². The molecule has 30 heavy (non-hydrogen) atoms. The first kappa shape index (κ1) is 19.8. The lowest BCUT2D eigenvalue weighted by Crippen LogP contribution is -2.59. The highest BCUT2D eigenvalue weighted by Gasteiger charge is 2.42. The fourth-order valence-corrected chi connectivity index (χ4v) is 3.14. The first-order valence-electron chi connectivity index (χ1n) is 8.85. The molecule has 1 amide bonds. The molecule has 0 radical (unpaired) electrons. The van der Waals surface area contributed by atoms with Crippen LogP contribution < -0.4 is 10.1 Å². The van der Waals surface area contributed by atoms with Crippen molar-refractivity contribution in [1.29, 1.82) is 0 Å². The lowest BCUT2D eigenvalue weighted by atomic mass is 9.87. The summed E-state index contributed by atoms with van der Waals surface area (Å²) in [4.78, 5) is 11.1. The van der Waals surface area contributed by atoms with Crippen molar-refractivity contribution >= 4 is 6.09 Å². The highest BCUT2D eigenvalue weighted by molar-refractivity contribution is 5.67. The Bertz CT molecular complexity index is 1060. The van der Waals surface area contributed by atoms with Gasteiger partial charge >= 0.3 is 12.3 Å². The van der Waals surface area contributed by atoms with Gasteiger partial charge in [-0.25, -0.2) is 4.79 Å². The largest absolute Gasteiger partial charge is 0.465 e. The first-order valence-corrected chi connectivity index (χ1v) is 8.85. The molecule has 0 spiro atoms. The van der Waals surface area contributed by atoms with Gasteiger partial charge in [-0.05, 0) is 35.9 Å². The second-order valence-electron chi connectivity index (χ2n) is 6.83. The lowest BCUT2D eigenvalue weighted by Gasteiger charge is -2.41. The number of carboxylic acid groups (broad SMARTS) is 1. The summed E-state index contributed by atoms with van der Waals surface area (Å²) in [5.74, 6) is 0.395. The summed E-state index contributed by atoms with van der Waals surface area (Å²) in [6, 6.07) is 13.1. The van der Waals surface area contributed by atoms with Gasteiger partial charge in [-0.15, -0.1) is 5.10 Å². The van der Waals surface area contributed by atoms with E-state index < -0.39 is 23.4 Å². The number of aromatic amines is 1. The fourth-order valence-electron chi connectivity index (χ4n) is 3.14. The zero-order chi connectivity index (χ0) is 21.4. The van der Waals surface area contributed by atoms with Gasteiger partial charge in [-0.3, -0.25) is 5.10 Å². The summed E-state index contributed by atoms with van der Waals surface area (Å²) >= 11 is 0. The molecular formula is C20H16F3N3O4. The third-order valence-electron chi connectivity index (χ3n) is 4.73. The average molecular weight is 419 g/mol. The van der Waals surface area contributed by atoms with Crippen molar-refractivity contribution in [3.63, 3.8) is 0 Å². The fraction of sp³-hybridized carbons (Fsp3) is 0.200. The number of benzene rings is 2. The Morgan fingerprint density at radius 3 is 2.50 bits per heavy atom. The molecule has 0 unspecified atom stereocenters. The van der Waals surface area contributed by atoms with Crippen LogP contribution in [-0.4, -0.2) is 34.6 Å². The van der Waals surface area contributed by atoms with Gasteiger partial charge < -0.3 is 19.9 Å². The summed E-state index contributed by atoms with van der Waals surface area (Å²) < 4.78 is 48.7. The lowest BCUT2D eigenvalue weighted by molar-refractivity contribution is -0.137. The van der Waals surface area contributed by atoms with E-state index in [1.807, 2.05) is 12.1 Å². The number of nitrogens with zero attached hydrogens (tertiary/aromatic N) is 1. The van der Waals surface area contributed by atoms with Gasteiger partial charge in [0.1, 0.15) is 11.3 Å². The Kier molecular flexibility index (Phi) is 4.86. The highest BCUT2D eigenvalue weighted by atomic mass is 19.4. The van der Waals surface area contributed by atoms with Gasteiger partial charge in [-0.1, -0.05) is 18.2 Å². The van der Waals surface area contributed by atoms with Crippen LogP contribution in [0.5, 0.6) is 11.6 Å². The maximum Gasteiger partial charge on any atom is 0.416 e. The van der Waals surface area contributed by atoms with Crippen LogP contribution in [0.25, 0.3) is 11.3 Å². The molecule has 0 atom stereocenters. The van der Waals surface area contributed by atoms with Crippen molar-refractivity contribution in [3.8, 4) is 22.9 Å². The molecule has 7 nitrogen and oxygen atoms in total. The van der Waals surface area contributed by atoms with E-state index in [9.17, 15) is 18.0 Å². The maximum atomic E-state index is 12.7. The molecule has 0 aliphatic carbocycles. The molecule has 2 heterocycles. The Labute approximate surface area is 168 Å². The zero-order valence-electron chi connectivity index (χ0n) is 15.4. The Hall–Kier alpha value is -3.53. The number of halogens is 3. The van der Waals surface area contributed by atoms with E-state index in [1.165, 1.54) is 12.1 Å². The Morgan fingerprint density at radius 2 is 1.90 bits per heavy atom. The number of amides is 1. The number of ether oxygens (including phenoxy) is 2. The van der Waals surface area contributed by atoms with Crippen molar-refractivity contribution in [1.82, 2.24) is 15.5 Å². The number of alkyl halides is 3. The molecular weight excluding hydrogens is 403 g/mol. The summed E-state index contributed by atoms with van der Waals surface area (Å²) in [6.07, 6.45) is -5.56. The SMILES string of the molecule is O=C(O)NC1(c2cccc(-c3cc(Oc4ccc(C(F)(F)F)cc4)n[nH]3)c2)COC1. The van der Waals surface area contributed by atoms with Crippen LogP contribution in [0.15, 0.2) is 54.6 Å². The summed E-state index contributed by atoms with van der Waals surface area (Å²) in [5, 5.41) is 18.4. The molecule has 1 fully saturated rings. The number of nitrogens with one attached hydrogen (secondary N) is 2. The van der Waals surface area contributed by atoms with Crippen LogP contribution in [0, 0.1) is 0 Å². The predicted octanol–water partition coefficient (Wildman–Crippen LogP) is 4.38.